The molecule has 0 fully saturated rings. The Morgan fingerprint density at radius 1 is 1.23 bits per heavy atom. The standard InChI is InChI=1S/C19H16Cl2N2O3/c1-26-17-9-11(23(24)25)8-14-12-3-2-4-13(12)18(22-19(14)17)10-5-6-15(20)16(21)7-10/h2-3,5-9,12-13,18,22H,4H2,1H3/t12-,13+,18+/m0/s1. The van der Waals surface area contributed by atoms with Crippen LogP contribution in [0, 0.1) is 16.0 Å². The lowest BCUT2D eigenvalue weighted by molar-refractivity contribution is -0.385. The highest BCUT2D eigenvalue weighted by atomic mass is 35.5. The van der Waals surface area contributed by atoms with Gasteiger partial charge in [-0.1, -0.05) is 41.4 Å². The molecule has 0 aromatic heterocycles. The summed E-state index contributed by atoms with van der Waals surface area (Å²) in [6, 6.07) is 8.73. The van der Waals surface area contributed by atoms with Crippen LogP contribution in [-0.4, -0.2) is 12.0 Å². The third kappa shape index (κ3) is 2.72. The van der Waals surface area contributed by atoms with Crippen molar-refractivity contribution in [1.82, 2.24) is 0 Å². The monoisotopic (exact) mass is 390 g/mol. The van der Waals surface area contributed by atoms with Crippen molar-refractivity contribution in [3.8, 4) is 5.75 Å². The number of hydrogen-bond acceptors (Lipinski definition) is 4. The van der Waals surface area contributed by atoms with E-state index in [9.17, 15) is 10.1 Å². The zero-order valence-corrected chi connectivity index (χ0v) is 15.4. The highest BCUT2D eigenvalue weighted by Gasteiger charge is 2.40. The number of fused-ring (bicyclic) bond motifs is 3. The molecule has 3 atom stereocenters. The summed E-state index contributed by atoms with van der Waals surface area (Å²) < 4.78 is 5.44. The molecule has 26 heavy (non-hydrogen) atoms. The number of nitrogens with zero attached hydrogens (tertiary/aromatic N) is 1. The van der Waals surface area contributed by atoms with Gasteiger partial charge in [-0.3, -0.25) is 10.1 Å². The van der Waals surface area contributed by atoms with E-state index in [1.54, 1.807) is 12.1 Å². The molecule has 0 saturated heterocycles. The lowest BCUT2D eigenvalue weighted by Gasteiger charge is -2.38. The average Bonchev–Trinajstić information content (AvgIpc) is 3.12. The number of nitro benzene ring substituents is 1. The Labute approximate surface area is 160 Å². The number of halogens is 2. The van der Waals surface area contributed by atoms with Crippen molar-refractivity contribution in [3.63, 3.8) is 0 Å². The van der Waals surface area contributed by atoms with Crippen LogP contribution in [0.1, 0.15) is 29.5 Å². The summed E-state index contributed by atoms with van der Waals surface area (Å²) in [5.41, 5.74) is 2.76. The number of ether oxygens (including phenoxy) is 1. The zero-order valence-electron chi connectivity index (χ0n) is 13.9. The van der Waals surface area contributed by atoms with Crippen molar-refractivity contribution >= 4 is 34.6 Å². The van der Waals surface area contributed by atoms with Gasteiger partial charge in [0, 0.05) is 12.0 Å². The summed E-state index contributed by atoms with van der Waals surface area (Å²) in [7, 11) is 1.52. The molecule has 0 radical (unpaired) electrons. The number of allylic oxidation sites excluding steroid dienone is 2. The predicted molar refractivity (Wildman–Crippen MR) is 102 cm³/mol. The van der Waals surface area contributed by atoms with Gasteiger partial charge in [0.25, 0.3) is 5.69 Å². The molecule has 1 N–H and O–H groups in total. The van der Waals surface area contributed by atoms with Gasteiger partial charge in [0.15, 0.2) is 0 Å². The Morgan fingerprint density at radius 2 is 2.04 bits per heavy atom. The lowest BCUT2D eigenvalue weighted by Crippen LogP contribution is -2.29. The third-order valence-corrected chi connectivity index (χ3v) is 5.89. The molecule has 0 spiro atoms. The molecule has 1 aliphatic carbocycles. The Hall–Kier alpha value is -2.24. The van der Waals surface area contributed by atoms with Crippen LogP contribution in [0.25, 0.3) is 0 Å². The minimum Gasteiger partial charge on any atom is -0.494 e. The maximum Gasteiger partial charge on any atom is 0.273 e. The Balaban J connectivity index is 1.84. The van der Waals surface area contributed by atoms with Crippen LogP contribution in [0.5, 0.6) is 5.75 Å². The Morgan fingerprint density at radius 3 is 2.73 bits per heavy atom. The van der Waals surface area contributed by atoms with E-state index in [0.29, 0.717) is 15.8 Å². The average molecular weight is 391 g/mol. The number of nitro groups is 1. The van der Waals surface area contributed by atoms with Crippen LogP contribution >= 0.6 is 23.2 Å². The van der Waals surface area contributed by atoms with Gasteiger partial charge in [-0.2, -0.15) is 0 Å². The minimum atomic E-state index is -0.387. The summed E-state index contributed by atoms with van der Waals surface area (Å²) in [4.78, 5) is 10.9. The van der Waals surface area contributed by atoms with Gasteiger partial charge in [0.05, 0.1) is 39.9 Å². The SMILES string of the molecule is COc1cc([N+](=O)[O-])cc2c1N[C@H](c1ccc(Cl)c(Cl)c1)[C@@H]1CC=C[C@H]21. The van der Waals surface area contributed by atoms with Crippen LogP contribution in [0.15, 0.2) is 42.5 Å². The van der Waals surface area contributed by atoms with Crippen LogP contribution in [0.2, 0.25) is 10.0 Å². The smallest absolute Gasteiger partial charge is 0.273 e. The van der Waals surface area contributed by atoms with Crippen molar-refractivity contribution in [2.24, 2.45) is 5.92 Å². The highest BCUT2D eigenvalue weighted by Crippen LogP contribution is 2.53. The van der Waals surface area contributed by atoms with E-state index in [1.165, 1.54) is 13.2 Å². The van der Waals surface area contributed by atoms with Gasteiger partial charge in [-0.15, -0.1) is 0 Å². The lowest BCUT2D eigenvalue weighted by atomic mass is 9.76. The first-order chi connectivity index (χ1) is 12.5. The van der Waals surface area contributed by atoms with Crippen LogP contribution in [-0.2, 0) is 0 Å². The van der Waals surface area contributed by atoms with Gasteiger partial charge >= 0.3 is 0 Å². The fraction of sp³-hybridized carbons (Fsp3) is 0.263. The molecular weight excluding hydrogens is 375 g/mol. The maximum absolute atomic E-state index is 11.3. The second kappa shape index (κ2) is 6.49. The van der Waals surface area contributed by atoms with Crippen molar-refractivity contribution in [2.75, 3.05) is 12.4 Å². The first kappa shape index (κ1) is 17.2. The molecule has 0 unspecified atom stereocenters. The van der Waals surface area contributed by atoms with Crippen molar-refractivity contribution in [3.05, 3.63) is 73.8 Å². The normalized spacial score (nSPS) is 23.1. The highest BCUT2D eigenvalue weighted by molar-refractivity contribution is 6.42. The van der Waals surface area contributed by atoms with Gasteiger partial charge in [-0.05, 0) is 35.6 Å². The van der Waals surface area contributed by atoms with Gasteiger partial charge in [0.1, 0.15) is 5.75 Å². The molecule has 1 heterocycles. The summed E-state index contributed by atoms with van der Waals surface area (Å²) in [6.45, 7) is 0. The number of nitrogens with one attached hydrogen (secondary N) is 1. The molecule has 7 heteroatoms. The van der Waals surface area contributed by atoms with Crippen molar-refractivity contribution < 1.29 is 9.66 Å². The zero-order chi connectivity index (χ0) is 18.4. The number of benzene rings is 2. The van der Waals surface area contributed by atoms with Crippen LogP contribution in [0.4, 0.5) is 11.4 Å². The Kier molecular flexibility index (Phi) is 4.29. The molecule has 2 aliphatic rings. The number of hydrogen-bond donors (Lipinski definition) is 1. The van der Waals surface area contributed by atoms with E-state index < -0.39 is 0 Å². The summed E-state index contributed by atoms with van der Waals surface area (Å²) >= 11 is 12.3. The Bertz CT molecular complexity index is 929. The number of non-ortho nitro benzene ring substituents is 1. The van der Waals surface area contributed by atoms with Crippen molar-refractivity contribution in [2.45, 2.75) is 18.4 Å². The molecule has 2 aromatic rings. The van der Waals surface area contributed by atoms with Gasteiger partial charge in [0.2, 0.25) is 0 Å². The topological polar surface area (TPSA) is 64.4 Å². The number of rotatable bonds is 3. The minimum absolute atomic E-state index is 0.00706. The van der Waals surface area contributed by atoms with E-state index >= 15 is 0 Å². The van der Waals surface area contributed by atoms with Crippen LogP contribution < -0.4 is 10.1 Å². The predicted octanol–water partition coefficient (Wildman–Crippen LogP) is 5.74. The van der Waals surface area contributed by atoms with E-state index in [-0.39, 0.29) is 28.5 Å². The molecule has 1 aliphatic heterocycles. The fourth-order valence-corrected chi connectivity index (χ4v) is 4.26. The maximum atomic E-state index is 11.3. The second-order valence-electron chi connectivity index (χ2n) is 6.52. The molecule has 5 nitrogen and oxygen atoms in total. The van der Waals surface area contributed by atoms with E-state index in [2.05, 4.69) is 17.5 Å². The quantitative estimate of drug-likeness (QED) is 0.412. The summed E-state index contributed by atoms with van der Waals surface area (Å²) in [5.74, 6) is 0.795. The van der Waals surface area contributed by atoms with E-state index in [4.69, 9.17) is 27.9 Å². The van der Waals surface area contributed by atoms with Crippen molar-refractivity contribution in [1.29, 1.82) is 0 Å². The molecule has 134 valence electrons. The largest absolute Gasteiger partial charge is 0.494 e. The third-order valence-electron chi connectivity index (χ3n) is 5.15. The molecule has 0 amide bonds. The molecular formula is C19H16Cl2N2O3. The van der Waals surface area contributed by atoms with Gasteiger partial charge in [-0.25, -0.2) is 0 Å². The molecule has 2 aromatic carbocycles. The summed E-state index contributed by atoms with van der Waals surface area (Å²) in [6.07, 6.45) is 5.13. The van der Waals surface area contributed by atoms with E-state index in [1.807, 2.05) is 12.1 Å². The van der Waals surface area contributed by atoms with Gasteiger partial charge < -0.3 is 10.1 Å². The first-order valence-corrected chi connectivity index (χ1v) is 8.99. The molecule has 0 bridgehead atoms. The summed E-state index contributed by atoms with van der Waals surface area (Å²) in [5, 5.41) is 15.8. The molecule has 4 rings (SSSR count). The van der Waals surface area contributed by atoms with E-state index in [0.717, 1.165) is 23.2 Å². The first-order valence-electron chi connectivity index (χ1n) is 8.24. The number of anilines is 1. The second-order valence-corrected chi connectivity index (χ2v) is 7.33. The molecule has 0 saturated carbocycles. The number of methoxy groups -OCH3 is 1. The van der Waals surface area contributed by atoms with Crippen LogP contribution in [0.3, 0.4) is 0 Å². The fourth-order valence-electron chi connectivity index (χ4n) is 3.95.